The quantitative estimate of drug-likeness (QED) is 0.628. The SMILES string of the molecule is CCc1nc(-c2ccccc2)c(C(C)=O)n(Nc2ccc(NC(C)=O)cc2)c1=O. The van der Waals surface area contributed by atoms with Crippen LogP contribution in [0.3, 0.4) is 0 Å². The number of carbonyl (C=O) groups is 2. The van der Waals surface area contributed by atoms with E-state index >= 15 is 0 Å². The van der Waals surface area contributed by atoms with Gasteiger partial charge in [0.25, 0.3) is 5.56 Å². The Hall–Kier alpha value is -3.74. The van der Waals surface area contributed by atoms with E-state index in [9.17, 15) is 14.4 Å². The summed E-state index contributed by atoms with van der Waals surface area (Å²) in [5.41, 5.74) is 5.63. The smallest absolute Gasteiger partial charge is 0.291 e. The van der Waals surface area contributed by atoms with Crippen LogP contribution in [0.15, 0.2) is 59.4 Å². The van der Waals surface area contributed by atoms with Crippen LogP contribution >= 0.6 is 0 Å². The molecule has 7 nitrogen and oxygen atoms in total. The van der Waals surface area contributed by atoms with Crippen molar-refractivity contribution in [3.8, 4) is 11.3 Å². The van der Waals surface area contributed by atoms with Gasteiger partial charge in [0.1, 0.15) is 17.1 Å². The van der Waals surface area contributed by atoms with E-state index in [0.717, 1.165) is 5.56 Å². The van der Waals surface area contributed by atoms with Crippen LogP contribution in [0.4, 0.5) is 11.4 Å². The van der Waals surface area contributed by atoms with Gasteiger partial charge in [-0.15, -0.1) is 0 Å². The van der Waals surface area contributed by atoms with Crippen LogP contribution in [0.5, 0.6) is 0 Å². The number of benzene rings is 2. The minimum atomic E-state index is -0.372. The average molecular weight is 390 g/mol. The Morgan fingerprint density at radius 1 is 0.966 bits per heavy atom. The Morgan fingerprint density at radius 2 is 1.59 bits per heavy atom. The van der Waals surface area contributed by atoms with Crippen LogP contribution in [-0.4, -0.2) is 21.4 Å². The number of anilines is 2. The molecule has 0 aliphatic rings. The number of aryl methyl sites for hydroxylation is 1. The monoisotopic (exact) mass is 390 g/mol. The number of hydrogen-bond donors (Lipinski definition) is 2. The van der Waals surface area contributed by atoms with Crippen molar-refractivity contribution in [2.24, 2.45) is 0 Å². The second-order valence-electron chi connectivity index (χ2n) is 6.54. The maximum atomic E-state index is 13.0. The van der Waals surface area contributed by atoms with E-state index < -0.39 is 0 Å². The molecular weight excluding hydrogens is 368 g/mol. The Morgan fingerprint density at radius 3 is 2.14 bits per heavy atom. The average Bonchev–Trinajstić information content (AvgIpc) is 2.70. The van der Waals surface area contributed by atoms with Gasteiger partial charge in [-0.3, -0.25) is 19.8 Å². The van der Waals surface area contributed by atoms with E-state index in [-0.39, 0.29) is 22.9 Å². The molecule has 148 valence electrons. The molecule has 1 heterocycles. The first-order valence-corrected chi connectivity index (χ1v) is 9.27. The molecule has 1 aromatic heterocycles. The van der Waals surface area contributed by atoms with Crippen molar-refractivity contribution in [1.82, 2.24) is 9.66 Å². The maximum Gasteiger partial charge on any atom is 0.291 e. The second kappa shape index (κ2) is 8.52. The summed E-state index contributed by atoms with van der Waals surface area (Å²) in [7, 11) is 0. The first-order chi connectivity index (χ1) is 13.9. The van der Waals surface area contributed by atoms with Crippen molar-refractivity contribution < 1.29 is 9.59 Å². The van der Waals surface area contributed by atoms with E-state index in [2.05, 4.69) is 15.7 Å². The molecule has 29 heavy (non-hydrogen) atoms. The zero-order chi connectivity index (χ0) is 21.0. The van der Waals surface area contributed by atoms with Crippen LogP contribution in [0.2, 0.25) is 0 Å². The van der Waals surface area contributed by atoms with Gasteiger partial charge in [0.15, 0.2) is 5.78 Å². The fraction of sp³-hybridized carbons (Fsp3) is 0.182. The lowest BCUT2D eigenvalue weighted by Gasteiger charge is -2.18. The van der Waals surface area contributed by atoms with E-state index in [4.69, 9.17) is 0 Å². The number of nitrogens with one attached hydrogen (secondary N) is 2. The molecule has 0 bridgehead atoms. The summed E-state index contributed by atoms with van der Waals surface area (Å²) in [4.78, 5) is 41.1. The molecule has 0 aliphatic carbocycles. The highest BCUT2D eigenvalue weighted by atomic mass is 16.2. The molecule has 0 unspecified atom stereocenters. The first-order valence-electron chi connectivity index (χ1n) is 9.27. The maximum absolute atomic E-state index is 13.0. The first kappa shape index (κ1) is 20.0. The van der Waals surface area contributed by atoms with Crippen LogP contribution < -0.4 is 16.3 Å². The number of rotatable bonds is 6. The molecule has 0 radical (unpaired) electrons. The predicted octanol–water partition coefficient (Wildman–Crippen LogP) is 3.51. The van der Waals surface area contributed by atoms with Gasteiger partial charge in [-0.2, -0.15) is 0 Å². The molecule has 1 amide bonds. The Bertz CT molecular complexity index is 1100. The Balaban J connectivity index is 2.13. The van der Waals surface area contributed by atoms with Gasteiger partial charge in [0.05, 0.1) is 5.69 Å². The molecule has 2 aromatic carbocycles. The van der Waals surface area contributed by atoms with Crippen molar-refractivity contribution in [2.75, 3.05) is 10.7 Å². The van der Waals surface area contributed by atoms with E-state index in [1.807, 2.05) is 37.3 Å². The number of hydrogen-bond acceptors (Lipinski definition) is 5. The highest BCUT2D eigenvalue weighted by Gasteiger charge is 2.20. The highest BCUT2D eigenvalue weighted by molar-refractivity contribution is 5.98. The topological polar surface area (TPSA) is 93.1 Å². The second-order valence-corrected chi connectivity index (χ2v) is 6.54. The Kier molecular flexibility index (Phi) is 5.87. The van der Waals surface area contributed by atoms with E-state index in [0.29, 0.717) is 29.2 Å². The number of ketones is 1. The largest absolute Gasteiger partial charge is 0.326 e. The third kappa shape index (κ3) is 4.40. The molecule has 7 heteroatoms. The van der Waals surface area contributed by atoms with Crippen LogP contribution in [0.25, 0.3) is 11.3 Å². The van der Waals surface area contributed by atoms with Gasteiger partial charge >= 0.3 is 0 Å². The normalized spacial score (nSPS) is 10.4. The Labute approximate surface area is 168 Å². The lowest BCUT2D eigenvalue weighted by molar-refractivity contribution is -0.114. The number of amides is 1. The van der Waals surface area contributed by atoms with Crippen LogP contribution in [0.1, 0.15) is 37.0 Å². The lowest BCUT2D eigenvalue weighted by atomic mass is 10.1. The number of carbonyl (C=O) groups excluding carboxylic acids is 2. The summed E-state index contributed by atoms with van der Waals surface area (Å²) in [6.07, 6.45) is 0.431. The van der Waals surface area contributed by atoms with Crippen molar-refractivity contribution >= 4 is 23.1 Å². The van der Waals surface area contributed by atoms with Crippen LogP contribution in [-0.2, 0) is 11.2 Å². The molecule has 0 saturated heterocycles. The summed E-state index contributed by atoms with van der Waals surface area (Å²) >= 11 is 0. The summed E-state index contributed by atoms with van der Waals surface area (Å²) in [5, 5.41) is 2.69. The van der Waals surface area contributed by atoms with E-state index in [1.165, 1.54) is 18.5 Å². The molecule has 3 rings (SSSR count). The van der Waals surface area contributed by atoms with Gasteiger partial charge in [0.2, 0.25) is 5.91 Å². The third-order valence-electron chi connectivity index (χ3n) is 4.31. The summed E-state index contributed by atoms with van der Waals surface area (Å²) in [5.74, 6) is -0.450. The standard InChI is InChI=1S/C22H22N4O3/c1-4-19-22(29)26(25-18-12-10-17(11-13-18)23-15(3)28)21(14(2)27)20(24-19)16-8-6-5-7-9-16/h5-13,25H,4H2,1-3H3,(H,23,28). The summed E-state index contributed by atoms with van der Waals surface area (Å²) < 4.78 is 1.25. The fourth-order valence-corrected chi connectivity index (χ4v) is 2.99. The fourth-order valence-electron chi connectivity index (χ4n) is 2.99. The van der Waals surface area contributed by atoms with Gasteiger partial charge in [-0.05, 0) is 30.7 Å². The molecule has 0 fully saturated rings. The molecule has 0 atom stereocenters. The molecular formula is C22H22N4O3. The molecule has 3 aromatic rings. The minimum absolute atomic E-state index is 0.171. The van der Waals surface area contributed by atoms with Gasteiger partial charge < -0.3 is 5.32 Å². The number of Topliss-reactive ketones (excluding diaryl/α,β-unsaturated/α-hetero) is 1. The van der Waals surface area contributed by atoms with Crippen molar-refractivity contribution in [2.45, 2.75) is 27.2 Å². The molecule has 0 spiro atoms. The van der Waals surface area contributed by atoms with Crippen molar-refractivity contribution in [3.05, 3.63) is 76.3 Å². The highest BCUT2D eigenvalue weighted by Crippen LogP contribution is 2.22. The van der Waals surface area contributed by atoms with Crippen molar-refractivity contribution in [1.29, 1.82) is 0 Å². The van der Waals surface area contributed by atoms with Crippen LogP contribution in [0, 0.1) is 0 Å². The van der Waals surface area contributed by atoms with Gasteiger partial charge in [-0.25, -0.2) is 9.66 Å². The molecule has 0 aliphatic heterocycles. The predicted molar refractivity (Wildman–Crippen MR) is 113 cm³/mol. The summed E-state index contributed by atoms with van der Waals surface area (Å²) in [6.45, 7) is 4.68. The molecule has 2 N–H and O–H groups in total. The van der Waals surface area contributed by atoms with Gasteiger partial charge in [-0.1, -0.05) is 37.3 Å². The van der Waals surface area contributed by atoms with Gasteiger partial charge in [0, 0.05) is 25.1 Å². The summed E-state index contributed by atoms with van der Waals surface area (Å²) in [6, 6.07) is 16.2. The molecule has 0 saturated carbocycles. The van der Waals surface area contributed by atoms with E-state index in [1.54, 1.807) is 24.3 Å². The van der Waals surface area contributed by atoms with Crippen molar-refractivity contribution in [3.63, 3.8) is 0 Å². The number of nitrogens with zero attached hydrogens (tertiary/aromatic N) is 2. The minimum Gasteiger partial charge on any atom is -0.326 e. The number of aromatic nitrogens is 2. The zero-order valence-electron chi connectivity index (χ0n) is 16.5. The zero-order valence-corrected chi connectivity index (χ0v) is 16.5. The lowest BCUT2D eigenvalue weighted by Crippen LogP contribution is -2.35. The third-order valence-corrected chi connectivity index (χ3v) is 4.31.